The van der Waals surface area contributed by atoms with Gasteiger partial charge in [0.25, 0.3) is 0 Å². The highest BCUT2D eigenvalue weighted by Gasteiger charge is 2.12. The van der Waals surface area contributed by atoms with Crippen LogP contribution in [0, 0.1) is 6.92 Å². The van der Waals surface area contributed by atoms with E-state index in [4.69, 9.17) is 27.9 Å². The maximum absolute atomic E-state index is 6.16. The number of hydrogen-bond acceptors (Lipinski definition) is 4. The first-order chi connectivity index (χ1) is 12.6. The van der Waals surface area contributed by atoms with Gasteiger partial charge in [-0.2, -0.15) is 0 Å². The Morgan fingerprint density at radius 3 is 2.58 bits per heavy atom. The van der Waals surface area contributed by atoms with Gasteiger partial charge in [-0.25, -0.2) is 0 Å². The predicted octanol–water partition coefficient (Wildman–Crippen LogP) is 5.67. The smallest absolute Gasteiger partial charge is 0.196 e. The van der Waals surface area contributed by atoms with Gasteiger partial charge >= 0.3 is 0 Å². The fraction of sp³-hybridized carbons (Fsp3) is 0.158. The Labute approximate surface area is 165 Å². The van der Waals surface area contributed by atoms with Gasteiger partial charge in [0.15, 0.2) is 10.8 Å². The largest absolute Gasteiger partial charge is 0.493 e. The lowest BCUT2D eigenvalue weighted by Gasteiger charge is -2.08. The number of aromatic nitrogens is 3. The third kappa shape index (κ3) is 3.47. The second-order valence-corrected chi connectivity index (χ2v) is 7.75. The molecule has 0 unspecified atom stereocenters. The number of ether oxygens (including phenoxy) is 1. The highest BCUT2D eigenvalue weighted by atomic mass is 35.5. The molecule has 0 N–H and O–H groups in total. The Kier molecular flexibility index (Phi) is 4.94. The lowest BCUT2D eigenvalue weighted by molar-refractivity contribution is 0.344. The molecule has 0 fully saturated rings. The van der Waals surface area contributed by atoms with Crippen molar-refractivity contribution in [2.24, 2.45) is 0 Å². The molecule has 7 heteroatoms. The molecule has 2 aromatic carbocycles. The van der Waals surface area contributed by atoms with Crippen molar-refractivity contribution in [3.05, 3.63) is 64.1 Å². The maximum atomic E-state index is 6.16. The van der Waals surface area contributed by atoms with Crippen LogP contribution in [0.5, 0.6) is 5.75 Å². The summed E-state index contributed by atoms with van der Waals surface area (Å²) in [7, 11) is 0. The van der Waals surface area contributed by atoms with Crippen LogP contribution in [0.3, 0.4) is 0 Å². The van der Waals surface area contributed by atoms with Crippen LogP contribution >= 0.6 is 35.0 Å². The van der Waals surface area contributed by atoms with E-state index in [9.17, 15) is 0 Å². The minimum atomic E-state index is 0.566. The van der Waals surface area contributed by atoms with E-state index in [1.54, 1.807) is 11.8 Å². The van der Waals surface area contributed by atoms with Crippen molar-refractivity contribution in [1.82, 2.24) is 14.6 Å². The number of aryl methyl sites for hydroxylation is 1. The van der Waals surface area contributed by atoms with E-state index < -0.39 is 0 Å². The number of fused-ring (bicyclic) bond motifs is 3. The summed E-state index contributed by atoms with van der Waals surface area (Å²) in [5.41, 5.74) is 3.01. The highest BCUT2D eigenvalue weighted by molar-refractivity contribution is 7.99. The van der Waals surface area contributed by atoms with E-state index in [-0.39, 0.29) is 0 Å². The third-order valence-corrected chi connectivity index (χ3v) is 5.41. The maximum Gasteiger partial charge on any atom is 0.196 e. The van der Waals surface area contributed by atoms with Crippen LogP contribution in [0.4, 0.5) is 0 Å². The molecule has 2 heterocycles. The summed E-state index contributed by atoms with van der Waals surface area (Å²) >= 11 is 13.6. The molecule has 0 bridgehead atoms. The van der Waals surface area contributed by atoms with Gasteiger partial charge in [0, 0.05) is 21.2 Å². The molecule has 0 aliphatic rings. The minimum Gasteiger partial charge on any atom is -0.493 e. The van der Waals surface area contributed by atoms with Crippen LogP contribution in [-0.2, 0) is 0 Å². The summed E-state index contributed by atoms with van der Waals surface area (Å²) in [6, 6.07) is 15.3. The zero-order valence-electron chi connectivity index (χ0n) is 13.9. The average molecular weight is 404 g/mol. The number of thioether (sulfide) groups is 1. The van der Waals surface area contributed by atoms with E-state index in [2.05, 4.69) is 21.5 Å². The molecule has 0 spiro atoms. The normalized spacial score (nSPS) is 11.3. The summed E-state index contributed by atoms with van der Waals surface area (Å²) in [5, 5.41) is 12.0. The molecule has 0 saturated heterocycles. The third-order valence-electron chi connectivity index (χ3n) is 4.03. The monoisotopic (exact) mass is 403 g/mol. The van der Waals surface area contributed by atoms with Gasteiger partial charge in [0.2, 0.25) is 0 Å². The van der Waals surface area contributed by atoms with Crippen LogP contribution in [-0.4, -0.2) is 27.0 Å². The van der Waals surface area contributed by atoms with Crippen molar-refractivity contribution in [3.63, 3.8) is 0 Å². The molecule has 0 aliphatic heterocycles. The van der Waals surface area contributed by atoms with Crippen LogP contribution in [0.1, 0.15) is 5.56 Å². The molecule has 0 radical (unpaired) electrons. The summed E-state index contributed by atoms with van der Waals surface area (Å²) < 4.78 is 7.80. The standard InChI is InChI=1S/C19H15Cl2N3OS/c1-12-10-18-22-23-19(24(18)17-7-4-14(21)11-16(12)17)26-9-8-25-15-5-2-13(20)3-6-15/h2-7,10-11H,8-9H2,1H3. The molecule has 132 valence electrons. The summed E-state index contributed by atoms with van der Waals surface area (Å²) in [6.45, 7) is 2.62. The van der Waals surface area contributed by atoms with E-state index in [0.29, 0.717) is 11.6 Å². The van der Waals surface area contributed by atoms with Crippen molar-refractivity contribution >= 4 is 51.5 Å². The SMILES string of the molecule is Cc1cc2nnc(SCCOc3ccc(Cl)cc3)n2c2ccc(Cl)cc12. The first-order valence-electron chi connectivity index (χ1n) is 8.07. The molecule has 4 rings (SSSR count). The van der Waals surface area contributed by atoms with Crippen LogP contribution in [0.15, 0.2) is 53.7 Å². The Morgan fingerprint density at radius 2 is 1.77 bits per heavy atom. The second kappa shape index (κ2) is 7.35. The topological polar surface area (TPSA) is 39.4 Å². The molecule has 26 heavy (non-hydrogen) atoms. The lowest BCUT2D eigenvalue weighted by Crippen LogP contribution is -2.01. The Balaban J connectivity index is 1.54. The molecule has 0 aliphatic carbocycles. The van der Waals surface area contributed by atoms with Gasteiger partial charge in [-0.1, -0.05) is 35.0 Å². The van der Waals surface area contributed by atoms with Gasteiger partial charge in [-0.15, -0.1) is 10.2 Å². The number of nitrogens with zero attached hydrogens (tertiary/aromatic N) is 3. The van der Waals surface area contributed by atoms with Crippen molar-refractivity contribution in [2.45, 2.75) is 12.1 Å². The molecule has 0 atom stereocenters. The summed E-state index contributed by atoms with van der Waals surface area (Å²) in [6.07, 6.45) is 0. The van der Waals surface area contributed by atoms with Gasteiger partial charge in [-0.05, 0) is 61.0 Å². The van der Waals surface area contributed by atoms with Crippen molar-refractivity contribution < 1.29 is 4.74 Å². The molecular formula is C19H15Cl2N3OS. The van der Waals surface area contributed by atoms with E-state index >= 15 is 0 Å². The fourth-order valence-electron chi connectivity index (χ4n) is 2.81. The number of pyridine rings is 1. The zero-order valence-corrected chi connectivity index (χ0v) is 16.3. The van der Waals surface area contributed by atoms with Gasteiger partial charge in [0.05, 0.1) is 12.1 Å². The first-order valence-corrected chi connectivity index (χ1v) is 9.81. The molecular weight excluding hydrogens is 389 g/mol. The molecule has 4 nitrogen and oxygen atoms in total. The van der Waals surface area contributed by atoms with Gasteiger partial charge in [-0.3, -0.25) is 4.40 Å². The van der Waals surface area contributed by atoms with E-state index in [0.717, 1.165) is 43.8 Å². The Morgan fingerprint density at radius 1 is 1.00 bits per heavy atom. The Hall–Kier alpha value is -1.95. The first kappa shape index (κ1) is 17.5. The van der Waals surface area contributed by atoms with Crippen LogP contribution in [0.25, 0.3) is 16.6 Å². The second-order valence-electron chi connectivity index (χ2n) is 5.82. The zero-order chi connectivity index (χ0) is 18.1. The predicted molar refractivity (Wildman–Crippen MR) is 108 cm³/mol. The van der Waals surface area contributed by atoms with Gasteiger partial charge < -0.3 is 4.74 Å². The summed E-state index contributed by atoms with van der Waals surface area (Å²) in [5.74, 6) is 1.56. The molecule has 4 aromatic rings. The van der Waals surface area contributed by atoms with Crippen molar-refractivity contribution in [3.8, 4) is 5.75 Å². The van der Waals surface area contributed by atoms with Crippen molar-refractivity contribution in [1.29, 1.82) is 0 Å². The number of benzene rings is 2. The average Bonchev–Trinajstić information content (AvgIpc) is 3.03. The molecule has 0 saturated carbocycles. The Bertz CT molecular complexity index is 1080. The number of rotatable bonds is 5. The molecule has 2 aromatic heterocycles. The van der Waals surface area contributed by atoms with Crippen molar-refractivity contribution in [2.75, 3.05) is 12.4 Å². The van der Waals surface area contributed by atoms with E-state index in [1.807, 2.05) is 48.5 Å². The van der Waals surface area contributed by atoms with Crippen LogP contribution in [0.2, 0.25) is 10.0 Å². The quantitative estimate of drug-likeness (QED) is 0.317. The molecule has 0 amide bonds. The fourth-order valence-corrected chi connectivity index (χ4v) is 3.88. The lowest BCUT2D eigenvalue weighted by atomic mass is 10.1. The van der Waals surface area contributed by atoms with E-state index in [1.165, 1.54) is 0 Å². The van der Waals surface area contributed by atoms with Gasteiger partial charge in [0.1, 0.15) is 5.75 Å². The number of halogens is 2. The highest BCUT2D eigenvalue weighted by Crippen LogP contribution is 2.28. The number of hydrogen-bond donors (Lipinski definition) is 0. The minimum absolute atomic E-state index is 0.566. The van der Waals surface area contributed by atoms with Crippen LogP contribution < -0.4 is 4.74 Å². The summed E-state index contributed by atoms with van der Waals surface area (Å²) in [4.78, 5) is 0.